The van der Waals surface area contributed by atoms with E-state index in [0.29, 0.717) is 11.9 Å². The van der Waals surface area contributed by atoms with Crippen molar-refractivity contribution in [1.29, 1.82) is 0 Å². The average Bonchev–Trinajstić information content (AvgIpc) is 2.29. The summed E-state index contributed by atoms with van der Waals surface area (Å²) in [6.45, 7) is 5.75. The Bertz CT molecular complexity index is 354. The average molecular weight is 239 g/mol. The molecule has 0 saturated carbocycles. The molecule has 0 radical (unpaired) electrons. The van der Waals surface area contributed by atoms with E-state index in [-0.39, 0.29) is 0 Å². The summed E-state index contributed by atoms with van der Waals surface area (Å²) in [5.41, 5.74) is 2.41. The largest absolute Gasteiger partial charge is 0.367 e. The standard InChI is InChI=1S/C13H19ClN2/c1-10-4-6-16(11(2)7-10)13-9-15-5-3-12(13)8-14/h3,5,9-11H,4,6-8H2,1-2H3. The number of hydrogen-bond donors (Lipinski definition) is 0. The van der Waals surface area contributed by atoms with Crippen molar-refractivity contribution in [3.05, 3.63) is 24.0 Å². The summed E-state index contributed by atoms with van der Waals surface area (Å²) in [6.07, 6.45) is 6.29. The summed E-state index contributed by atoms with van der Waals surface area (Å²) in [4.78, 5) is 6.67. The van der Waals surface area contributed by atoms with Crippen LogP contribution < -0.4 is 4.90 Å². The lowest BCUT2D eigenvalue weighted by atomic mass is 9.93. The highest BCUT2D eigenvalue weighted by Gasteiger charge is 2.24. The minimum atomic E-state index is 0.566. The number of hydrogen-bond acceptors (Lipinski definition) is 2. The number of aromatic nitrogens is 1. The Morgan fingerprint density at radius 3 is 3.00 bits per heavy atom. The van der Waals surface area contributed by atoms with Crippen molar-refractivity contribution in [3.63, 3.8) is 0 Å². The van der Waals surface area contributed by atoms with Crippen molar-refractivity contribution in [2.24, 2.45) is 5.92 Å². The first-order chi connectivity index (χ1) is 7.72. The van der Waals surface area contributed by atoms with Crippen molar-refractivity contribution >= 4 is 17.3 Å². The third-order valence-corrected chi connectivity index (χ3v) is 3.77. The van der Waals surface area contributed by atoms with Crippen LogP contribution in [0.25, 0.3) is 0 Å². The molecule has 0 aliphatic carbocycles. The highest BCUT2D eigenvalue weighted by molar-refractivity contribution is 6.17. The molecule has 2 nitrogen and oxygen atoms in total. The van der Waals surface area contributed by atoms with Crippen LogP contribution in [-0.4, -0.2) is 17.6 Å². The van der Waals surface area contributed by atoms with Gasteiger partial charge in [0.15, 0.2) is 0 Å². The highest BCUT2D eigenvalue weighted by atomic mass is 35.5. The first-order valence-electron chi connectivity index (χ1n) is 5.98. The summed E-state index contributed by atoms with van der Waals surface area (Å²) in [5, 5.41) is 0. The summed E-state index contributed by atoms with van der Waals surface area (Å²) in [6, 6.07) is 2.61. The Labute approximate surface area is 103 Å². The lowest BCUT2D eigenvalue weighted by Gasteiger charge is -2.38. The lowest BCUT2D eigenvalue weighted by Crippen LogP contribution is -2.40. The minimum Gasteiger partial charge on any atom is -0.367 e. The van der Waals surface area contributed by atoms with E-state index in [0.717, 1.165) is 12.5 Å². The zero-order valence-corrected chi connectivity index (χ0v) is 10.7. The molecule has 0 aromatic carbocycles. The molecule has 0 amide bonds. The molecular formula is C13H19ClN2. The maximum atomic E-state index is 5.97. The Kier molecular flexibility index (Phi) is 3.70. The van der Waals surface area contributed by atoms with E-state index >= 15 is 0 Å². The molecule has 1 aromatic rings. The smallest absolute Gasteiger partial charge is 0.0599 e. The molecule has 0 bridgehead atoms. The van der Waals surface area contributed by atoms with Crippen LogP contribution in [0.15, 0.2) is 18.5 Å². The Hall–Kier alpha value is -0.760. The van der Waals surface area contributed by atoms with Crippen LogP contribution >= 0.6 is 11.6 Å². The number of halogens is 1. The van der Waals surface area contributed by atoms with E-state index in [9.17, 15) is 0 Å². The highest BCUT2D eigenvalue weighted by Crippen LogP contribution is 2.30. The molecule has 2 heterocycles. The lowest BCUT2D eigenvalue weighted by molar-refractivity contribution is 0.377. The van der Waals surface area contributed by atoms with E-state index in [1.807, 2.05) is 18.5 Å². The van der Waals surface area contributed by atoms with E-state index in [2.05, 4.69) is 23.7 Å². The van der Waals surface area contributed by atoms with E-state index in [1.54, 1.807) is 0 Å². The molecule has 1 aliphatic heterocycles. The van der Waals surface area contributed by atoms with Gasteiger partial charge in [0, 0.05) is 24.7 Å². The predicted octanol–water partition coefficient (Wildman–Crippen LogP) is 3.45. The van der Waals surface area contributed by atoms with Gasteiger partial charge in [-0.2, -0.15) is 0 Å². The van der Waals surface area contributed by atoms with Crippen LogP contribution in [0.2, 0.25) is 0 Å². The van der Waals surface area contributed by atoms with Crippen LogP contribution in [0, 0.1) is 5.92 Å². The second-order valence-corrected chi connectivity index (χ2v) is 5.08. The number of alkyl halides is 1. The molecule has 2 unspecified atom stereocenters. The summed E-state index contributed by atoms with van der Waals surface area (Å²) >= 11 is 5.97. The summed E-state index contributed by atoms with van der Waals surface area (Å²) in [7, 11) is 0. The first kappa shape index (κ1) is 11.7. The van der Waals surface area contributed by atoms with E-state index < -0.39 is 0 Å². The molecule has 2 atom stereocenters. The number of rotatable bonds is 2. The van der Waals surface area contributed by atoms with Crippen molar-refractivity contribution < 1.29 is 0 Å². The molecule has 1 fully saturated rings. The van der Waals surface area contributed by atoms with Gasteiger partial charge in [-0.15, -0.1) is 11.6 Å². The van der Waals surface area contributed by atoms with Gasteiger partial charge in [-0.1, -0.05) is 6.92 Å². The topological polar surface area (TPSA) is 16.1 Å². The van der Waals surface area contributed by atoms with Crippen LogP contribution in [-0.2, 0) is 5.88 Å². The first-order valence-corrected chi connectivity index (χ1v) is 6.51. The maximum absolute atomic E-state index is 5.97. The van der Waals surface area contributed by atoms with Crippen LogP contribution in [0.4, 0.5) is 5.69 Å². The molecule has 88 valence electrons. The monoisotopic (exact) mass is 238 g/mol. The molecule has 0 N–H and O–H groups in total. The Balaban J connectivity index is 2.23. The Morgan fingerprint density at radius 1 is 1.50 bits per heavy atom. The second-order valence-electron chi connectivity index (χ2n) is 4.81. The number of pyridine rings is 1. The van der Waals surface area contributed by atoms with Gasteiger partial charge in [-0.05, 0) is 37.3 Å². The fraction of sp³-hybridized carbons (Fsp3) is 0.615. The van der Waals surface area contributed by atoms with Gasteiger partial charge < -0.3 is 4.90 Å². The van der Waals surface area contributed by atoms with Gasteiger partial charge in [-0.25, -0.2) is 0 Å². The third kappa shape index (κ3) is 2.32. The van der Waals surface area contributed by atoms with Gasteiger partial charge in [0.05, 0.1) is 11.9 Å². The molecule has 1 saturated heterocycles. The van der Waals surface area contributed by atoms with Crippen LogP contribution in [0.3, 0.4) is 0 Å². The zero-order valence-electron chi connectivity index (χ0n) is 9.99. The molecule has 1 aromatic heterocycles. The molecule has 16 heavy (non-hydrogen) atoms. The van der Waals surface area contributed by atoms with Crippen molar-refractivity contribution in [2.45, 2.75) is 38.6 Å². The molecule has 3 heteroatoms. The van der Waals surface area contributed by atoms with Crippen molar-refractivity contribution in [2.75, 3.05) is 11.4 Å². The normalized spacial score (nSPS) is 25.8. The number of anilines is 1. The quantitative estimate of drug-likeness (QED) is 0.734. The zero-order chi connectivity index (χ0) is 11.5. The second kappa shape index (κ2) is 5.05. The Morgan fingerprint density at radius 2 is 2.31 bits per heavy atom. The van der Waals surface area contributed by atoms with E-state index in [1.165, 1.54) is 24.1 Å². The van der Waals surface area contributed by atoms with Crippen LogP contribution in [0.1, 0.15) is 32.3 Å². The molecule has 0 spiro atoms. The number of nitrogens with zero attached hydrogens (tertiary/aromatic N) is 2. The summed E-state index contributed by atoms with van der Waals surface area (Å²) < 4.78 is 0. The van der Waals surface area contributed by atoms with Crippen LogP contribution in [0.5, 0.6) is 0 Å². The predicted molar refractivity (Wildman–Crippen MR) is 69.0 cm³/mol. The number of piperidine rings is 1. The molecular weight excluding hydrogens is 220 g/mol. The molecule has 1 aliphatic rings. The van der Waals surface area contributed by atoms with Crippen molar-refractivity contribution in [1.82, 2.24) is 4.98 Å². The fourth-order valence-electron chi connectivity index (χ4n) is 2.55. The van der Waals surface area contributed by atoms with Gasteiger partial charge in [-0.3, -0.25) is 4.98 Å². The van der Waals surface area contributed by atoms with Gasteiger partial charge in [0.25, 0.3) is 0 Å². The van der Waals surface area contributed by atoms with Gasteiger partial charge in [0.1, 0.15) is 0 Å². The molecule has 2 rings (SSSR count). The third-order valence-electron chi connectivity index (χ3n) is 3.48. The van der Waals surface area contributed by atoms with Gasteiger partial charge in [0.2, 0.25) is 0 Å². The van der Waals surface area contributed by atoms with Crippen molar-refractivity contribution in [3.8, 4) is 0 Å². The SMILES string of the molecule is CC1CCN(c2cnccc2CCl)C(C)C1. The van der Waals surface area contributed by atoms with Gasteiger partial charge >= 0.3 is 0 Å². The maximum Gasteiger partial charge on any atom is 0.0599 e. The summed E-state index contributed by atoms with van der Waals surface area (Å²) in [5.74, 6) is 1.40. The minimum absolute atomic E-state index is 0.566. The fourth-order valence-corrected chi connectivity index (χ4v) is 2.78. The van der Waals surface area contributed by atoms with E-state index in [4.69, 9.17) is 11.6 Å².